The minimum Gasteiger partial charge on any atom is -0.497 e. The van der Waals surface area contributed by atoms with Gasteiger partial charge in [0.05, 0.1) is 25.3 Å². The fourth-order valence-corrected chi connectivity index (χ4v) is 2.60. The molecule has 114 valence electrons. The lowest BCUT2D eigenvalue weighted by atomic mass is 10.1. The smallest absolute Gasteiger partial charge is 0.143 e. The van der Waals surface area contributed by atoms with Gasteiger partial charge < -0.3 is 19.1 Å². The van der Waals surface area contributed by atoms with Gasteiger partial charge >= 0.3 is 0 Å². The predicted molar refractivity (Wildman–Crippen MR) is 84.3 cm³/mol. The summed E-state index contributed by atoms with van der Waals surface area (Å²) in [5.41, 5.74) is 2.44. The number of aryl methyl sites for hydroxylation is 1. The number of rotatable bonds is 4. The first-order valence-corrected chi connectivity index (χ1v) is 6.97. The van der Waals surface area contributed by atoms with Gasteiger partial charge in [-0.05, 0) is 30.3 Å². The number of fused-ring (bicyclic) bond motifs is 1. The van der Waals surface area contributed by atoms with Gasteiger partial charge in [0.1, 0.15) is 23.4 Å². The molecule has 2 aromatic carbocycles. The summed E-state index contributed by atoms with van der Waals surface area (Å²) >= 11 is 0. The predicted octanol–water partition coefficient (Wildman–Crippen LogP) is 2.67. The van der Waals surface area contributed by atoms with Crippen molar-refractivity contribution in [3.63, 3.8) is 0 Å². The Morgan fingerprint density at radius 1 is 1.09 bits per heavy atom. The van der Waals surface area contributed by atoms with Crippen molar-refractivity contribution in [2.75, 3.05) is 14.2 Å². The molecule has 1 atom stereocenters. The highest BCUT2D eigenvalue weighted by molar-refractivity contribution is 5.76. The Morgan fingerprint density at radius 3 is 2.55 bits per heavy atom. The van der Waals surface area contributed by atoms with Crippen LogP contribution in [0, 0.1) is 0 Å². The zero-order valence-electron chi connectivity index (χ0n) is 12.8. The average Bonchev–Trinajstić information content (AvgIpc) is 2.91. The third-order valence-electron chi connectivity index (χ3n) is 3.80. The SMILES string of the molecule is COc1ccc(OC)c([C@@H](O)c2nc3ccccc3n2C)c1. The van der Waals surface area contributed by atoms with E-state index < -0.39 is 6.10 Å². The fourth-order valence-electron chi connectivity index (χ4n) is 2.60. The van der Waals surface area contributed by atoms with E-state index in [9.17, 15) is 5.11 Å². The van der Waals surface area contributed by atoms with Gasteiger partial charge in [-0.15, -0.1) is 0 Å². The number of ether oxygens (including phenoxy) is 2. The molecule has 0 amide bonds. The van der Waals surface area contributed by atoms with E-state index in [0.29, 0.717) is 22.9 Å². The normalized spacial score (nSPS) is 12.4. The van der Waals surface area contributed by atoms with E-state index in [1.54, 1.807) is 32.4 Å². The van der Waals surface area contributed by atoms with Crippen molar-refractivity contribution in [2.24, 2.45) is 7.05 Å². The first kappa shape index (κ1) is 14.4. The quantitative estimate of drug-likeness (QED) is 0.804. The van der Waals surface area contributed by atoms with E-state index in [1.807, 2.05) is 35.9 Å². The van der Waals surface area contributed by atoms with Crippen molar-refractivity contribution in [3.05, 3.63) is 53.9 Å². The number of aliphatic hydroxyl groups is 1. The topological polar surface area (TPSA) is 56.5 Å². The maximum absolute atomic E-state index is 10.8. The standard InChI is InChI=1S/C17H18N2O3/c1-19-14-7-5-4-6-13(14)18-17(19)16(20)12-10-11(21-2)8-9-15(12)22-3/h4-10,16,20H,1-3H3/t16-/m1/s1. The van der Waals surface area contributed by atoms with Crippen LogP contribution in [0.25, 0.3) is 11.0 Å². The summed E-state index contributed by atoms with van der Waals surface area (Å²) in [5.74, 6) is 1.82. The third-order valence-corrected chi connectivity index (χ3v) is 3.80. The molecule has 1 heterocycles. The molecule has 0 spiro atoms. The molecule has 1 N–H and O–H groups in total. The molecule has 0 aliphatic heterocycles. The number of aromatic nitrogens is 2. The van der Waals surface area contributed by atoms with Crippen LogP contribution >= 0.6 is 0 Å². The zero-order valence-corrected chi connectivity index (χ0v) is 12.8. The Hall–Kier alpha value is -2.53. The van der Waals surface area contributed by atoms with Crippen molar-refractivity contribution >= 4 is 11.0 Å². The Bertz CT molecular complexity index is 811. The minimum absolute atomic E-state index is 0.563. The van der Waals surface area contributed by atoms with E-state index in [2.05, 4.69) is 4.98 Å². The molecular formula is C17H18N2O3. The second kappa shape index (κ2) is 5.69. The maximum atomic E-state index is 10.8. The van der Waals surface area contributed by atoms with E-state index in [1.165, 1.54) is 0 Å². The molecule has 0 saturated carbocycles. The summed E-state index contributed by atoms with van der Waals surface area (Å²) in [6.45, 7) is 0. The van der Waals surface area contributed by atoms with E-state index >= 15 is 0 Å². The van der Waals surface area contributed by atoms with Crippen LogP contribution in [0.2, 0.25) is 0 Å². The van der Waals surface area contributed by atoms with Crippen LogP contribution < -0.4 is 9.47 Å². The summed E-state index contributed by atoms with van der Waals surface area (Å²) in [4.78, 5) is 4.54. The number of aliphatic hydroxyl groups excluding tert-OH is 1. The molecule has 1 aromatic heterocycles. The third kappa shape index (κ3) is 2.29. The van der Waals surface area contributed by atoms with Crippen LogP contribution in [0.4, 0.5) is 0 Å². The van der Waals surface area contributed by atoms with Gasteiger partial charge in [0.15, 0.2) is 0 Å². The number of methoxy groups -OCH3 is 2. The van der Waals surface area contributed by atoms with Gasteiger partial charge in [0, 0.05) is 12.6 Å². The second-order valence-electron chi connectivity index (χ2n) is 5.03. The molecule has 0 fully saturated rings. The molecule has 3 aromatic rings. The van der Waals surface area contributed by atoms with Crippen LogP contribution in [0.1, 0.15) is 17.5 Å². The molecule has 3 rings (SSSR count). The lowest BCUT2D eigenvalue weighted by Gasteiger charge is -2.16. The first-order chi connectivity index (χ1) is 10.7. The summed E-state index contributed by atoms with van der Waals surface area (Å²) in [6, 6.07) is 13.1. The molecule has 0 aliphatic carbocycles. The van der Waals surface area contributed by atoms with Crippen LogP contribution in [0.3, 0.4) is 0 Å². The van der Waals surface area contributed by atoms with Crippen molar-refractivity contribution < 1.29 is 14.6 Å². The van der Waals surface area contributed by atoms with E-state index in [4.69, 9.17) is 9.47 Å². The second-order valence-corrected chi connectivity index (χ2v) is 5.03. The van der Waals surface area contributed by atoms with Crippen LogP contribution in [-0.2, 0) is 7.05 Å². The summed E-state index contributed by atoms with van der Waals surface area (Å²) in [6.07, 6.45) is -0.901. The Morgan fingerprint density at radius 2 is 1.86 bits per heavy atom. The highest BCUT2D eigenvalue weighted by Crippen LogP contribution is 2.33. The Labute approximate surface area is 128 Å². The number of nitrogens with zero attached hydrogens (tertiary/aromatic N) is 2. The van der Waals surface area contributed by atoms with Gasteiger partial charge in [-0.25, -0.2) is 4.98 Å². The van der Waals surface area contributed by atoms with Gasteiger partial charge in [-0.2, -0.15) is 0 Å². The molecule has 0 aliphatic rings. The Kier molecular flexibility index (Phi) is 3.73. The lowest BCUT2D eigenvalue weighted by Crippen LogP contribution is -2.09. The minimum atomic E-state index is -0.901. The summed E-state index contributed by atoms with van der Waals surface area (Å²) < 4.78 is 12.5. The number of hydrogen-bond donors (Lipinski definition) is 1. The van der Waals surface area contributed by atoms with Crippen LogP contribution in [0.15, 0.2) is 42.5 Å². The molecule has 5 heteroatoms. The largest absolute Gasteiger partial charge is 0.497 e. The summed E-state index contributed by atoms with van der Waals surface area (Å²) in [7, 11) is 5.06. The van der Waals surface area contributed by atoms with Gasteiger partial charge in [-0.1, -0.05) is 12.1 Å². The lowest BCUT2D eigenvalue weighted by molar-refractivity contribution is 0.201. The van der Waals surface area contributed by atoms with Crippen molar-refractivity contribution in [1.82, 2.24) is 9.55 Å². The maximum Gasteiger partial charge on any atom is 0.143 e. The number of para-hydroxylation sites is 2. The molecular weight excluding hydrogens is 280 g/mol. The number of imidazole rings is 1. The number of benzene rings is 2. The summed E-state index contributed by atoms with van der Waals surface area (Å²) in [5, 5.41) is 10.8. The molecule has 5 nitrogen and oxygen atoms in total. The van der Waals surface area contributed by atoms with Gasteiger partial charge in [-0.3, -0.25) is 0 Å². The van der Waals surface area contributed by atoms with E-state index in [-0.39, 0.29) is 0 Å². The van der Waals surface area contributed by atoms with E-state index in [0.717, 1.165) is 11.0 Å². The monoisotopic (exact) mass is 298 g/mol. The number of hydrogen-bond acceptors (Lipinski definition) is 4. The van der Waals surface area contributed by atoms with Crippen molar-refractivity contribution in [1.29, 1.82) is 0 Å². The highest BCUT2D eigenvalue weighted by atomic mass is 16.5. The zero-order chi connectivity index (χ0) is 15.7. The average molecular weight is 298 g/mol. The molecule has 0 bridgehead atoms. The first-order valence-electron chi connectivity index (χ1n) is 6.97. The molecule has 0 radical (unpaired) electrons. The molecule has 0 unspecified atom stereocenters. The molecule has 22 heavy (non-hydrogen) atoms. The van der Waals surface area contributed by atoms with Crippen LogP contribution in [-0.4, -0.2) is 28.9 Å². The Balaban J connectivity index is 2.13. The fraction of sp³-hybridized carbons (Fsp3) is 0.235. The highest BCUT2D eigenvalue weighted by Gasteiger charge is 2.22. The van der Waals surface area contributed by atoms with Crippen LogP contribution in [0.5, 0.6) is 11.5 Å². The molecule has 0 saturated heterocycles. The van der Waals surface area contributed by atoms with Gasteiger partial charge in [0.2, 0.25) is 0 Å². The van der Waals surface area contributed by atoms with Crippen molar-refractivity contribution in [2.45, 2.75) is 6.10 Å². The van der Waals surface area contributed by atoms with Crippen molar-refractivity contribution in [3.8, 4) is 11.5 Å². The van der Waals surface area contributed by atoms with Gasteiger partial charge in [0.25, 0.3) is 0 Å².